The van der Waals surface area contributed by atoms with E-state index in [0.717, 1.165) is 5.56 Å². The van der Waals surface area contributed by atoms with Crippen LogP contribution in [-0.2, 0) is 4.79 Å². The molecule has 0 aliphatic rings. The monoisotopic (exact) mass is 261 g/mol. The molecule has 0 saturated heterocycles. The van der Waals surface area contributed by atoms with Crippen molar-refractivity contribution in [1.82, 2.24) is 0 Å². The van der Waals surface area contributed by atoms with E-state index in [-0.39, 0.29) is 5.78 Å². The number of benzene rings is 2. The maximum absolute atomic E-state index is 11.9. The Balaban J connectivity index is 2.15. The third-order valence-electron chi connectivity index (χ3n) is 2.71. The minimum atomic E-state index is -0.139. The van der Waals surface area contributed by atoms with Gasteiger partial charge in [-0.1, -0.05) is 60.7 Å². The molecule has 2 aromatic carbocycles. The first kappa shape index (κ1) is 13.7. The Morgan fingerprint density at radius 2 is 1.45 bits per heavy atom. The van der Waals surface area contributed by atoms with Crippen molar-refractivity contribution in [3.63, 3.8) is 0 Å². The van der Waals surface area contributed by atoms with E-state index in [1.807, 2.05) is 42.7 Å². The molecule has 0 aromatic heterocycles. The minimum absolute atomic E-state index is 0.139. The van der Waals surface area contributed by atoms with Crippen LogP contribution in [0, 0.1) is 0 Å². The lowest BCUT2D eigenvalue weighted by molar-refractivity contribution is 0.104. The van der Waals surface area contributed by atoms with Crippen molar-refractivity contribution >= 4 is 18.1 Å². The third kappa shape index (κ3) is 3.89. The highest BCUT2D eigenvalue weighted by atomic mass is 16.1. The van der Waals surface area contributed by atoms with E-state index in [9.17, 15) is 9.59 Å². The second kappa shape index (κ2) is 7.00. The SMILES string of the molecule is O=[C]C(C=CC(=O)c1ccccc1)=Cc1ccccc1. The fourth-order valence-corrected chi connectivity index (χ4v) is 1.70. The van der Waals surface area contributed by atoms with E-state index >= 15 is 0 Å². The highest BCUT2D eigenvalue weighted by molar-refractivity contribution is 6.05. The summed E-state index contributed by atoms with van der Waals surface area (Å²) in [6.07, 6.45) is 6.38. The van der Waals surface area contributed by atoms with Crippen LogP contribution < -0.4 is 0 Å². The summed E-state index contributed by atoms with van der Waals surface area (Å²) in [5.74, 6) is -0.139. The van der Waals surface area contributed by atoms with E-state index in [1.54, 1.807) is 30.3 Å². The van der Waals surface area contributed by atoms with E-state index in [1.165, 1.54) is 12.2 Å². The fraction of sp³-hybridized carbons (Fsp3) is 0. The summed E-state index contributed by atoms with van der Waals surface area (Å²) in [5.41, 5.74) is 1.82. The largest absolute Gasteiger partial charge is 0.289 e. The Morgan fingerprint density at radius 3 is 2.05 bits per heavy atom. The summed E-state index contributed by atoms with van der Waals surface area (Å²) in [4.78, 5) is 22.8. The summed E-state index contributed by atoms with van der Waals surface area (Å²) >= 11 is 0. The zero-order valence-electron chi connectivity index (χ0n) is 10.8. The summed E-state index contributed by atoms with van der Waals surface area (Å²) in [5, 5.41) is 0. The molecule has 0 aliphatic heterocycles. The number of allylic oxidation sites excluding steroid dienone is 3. The second-order valence-electron chi connectivity index (χ2n) is 4.18. The molecule has 0 spiro atoms. The maximum Gasteiger partial charge on any atom is 0.233 e. The van der Waals surface area contributed by atoms with Gasteiger partial charge in [0.2, 0.25) is 6.29 Å². The standard InChI is InChI=1S/C18H13O2/c19-14-16(13-15-7-3-1-4-8-15)11-12-18(20)17-9-5-2-6-10-17/h1-13H. The lowest BCUT2D eigenvalue weighted by Crippen LogP contribution is -1.93. The predicted molar refractivity (Wildman–Crippen MR) is 80.0 cm³/mol. The van der Waals surface area contributed by atoms with Gasteiger partial charge < -0.3 is 0 Å². The molecule has 0 amide bonds. The van der Waals surface area contributed by atoms with Crippen molar-refractivity contribution in [1.29, 1.82) is 0 Å². The average molecular weight is 261 g/mol. The van der Waals surface area contributed by atoms with Gasteiger partial charge in [-0.2, -0.15) is 0 Å². The van der Waals surface area contributed by atoms with Crippen LogP contribution in [0.4, 0.5) is 0 Å². The smallest absolute Gasteiger partial charge is 0.233 e. The molecule has 0 heterocycles. The molecule has 0 saturated carbocycles. The molecule has 0 fully saturated rings. The van der Waals surface area contributed by atoms with Crippen molar-refractivity contribution in [3.8, 4) is 0 Å². The lowest BCUT2D eigenvalue weighted by Gasteiger charge is -1.95. The summed E-state index contributed by atoms with van der Waals surface area (Å²) in [6.45, 7) is 0. The first-order chi connectivity index (χ1) is 9.79. The first-order valence-corrected chi connectivity index (χ1v) is 6.22. The van der Waals surface area contributed by atoms with Crippen molar-refractivity contribution in [2.45, 2.75) is 0 Å². The Bertz CT molecular complexity index is 638. The van der Waals surface area contributed by atoms with Crippen LogP contribution >= 0.6 is 0 Å². The van der Waals surface area contributed by atoms with Crippen LogP contribution in [0.2, 0.25) is 0 Å². The molecule has 2 heteroatoms. The molecule has 0 bridgehead atoms. The van der Waals surface area contributed by atoms with E-state index in [0.29, 0.717) is 11.1 Å². The van der Waals surface area contributed by atoms with Gasteiger partial charge in [0.15, 0.2) is 5.78 Å². The second-order valence-corrected chi connectivity index (χ2v) is 4.18. The predicted octanol–water partition coefficient (Wildman–Crippen LogP) is 3.62. The van der Waals surface area contributed by atoms with Gasteiger partial charge in [0.05, 0.1) is 0 Å². The number of ketones is 1. The molecule has 2 aromatic rings. The summed E-state index contributed by atoms with van der Waals surface area (Å²) in [7, 11) is 0. The number of carbonyl (C=O) groups excluding carboxylic acids is 2. The molecular weight excluding hydrogens is 248 g/mol. The van der Waals surface area contributed by atoms with Gasteiger partial charge in [-0.05, 0) is 23.8 Å². The van der Waals surface area contributed by atoms with Crippen LogP contribution in [0.15, 0.2) is 78.4 Å². The van der Waals surface area contributed by atoms with Gasteiger partial charge >= 0.3 is 0 Å². The molecule has 0 unspecified atom stereocenters. The lowest BCUT2D eigenvalue weighted by atomic mass is 10.1. The van der Waals surface area contributed by atoms with Gasteiger partial charge in [0, 0.05) is 11.1 Å². The zero-order valence-corrected chi connectivity index (χ0v) is 10.8. The van der Waals surface area contributed by atoms with Crippen molar-refractivity contribution in [3.05, 3.63) is 89.5 Å². The average Bonchev–Trinajstić information content (AvgIpc) is 2.53. The zero-order chi connectivity index (χ0) is 14.2. The van der Waals surface area contributed by atoms with Gasteiger partial charge in [-0.25, -0.2) is 0 Å². The molecule has 0 N–H and O–H groups in total. The van der Waals surface area contributed by atoms with Gasteiger partial charge in [-0.15, -0.1) is 0 Å². The maximum atomic E-state index is 11.9. The van der Waals surface area contributed by atoms with Gasteiger partial charge in [0.1, 0.15) is 0 Å². The Kier molecular flexibility index (Phi) is 4.79. The highest BCUT2D eigenvalue weighted by Crippen LogP contribution is 2.07. The quantitative estimate of drug-likeness (QED) is 0.468. The molecule has 2 rings (SSSR count). The fourth-order valence-electron chi connectivity index (χ4n) is 1.70. The van der Waals surface area contributed by atoms with Crippen molar-refractivity contribution < 1.29 is 9.59 Å². The van der Waals surface area contributed by atoms with Crippen LogP contribution in [0.5, 0.6) is 0 Å². The molecule has 2 nitrogen and oxygen atoms in total. The minimum Gasteiger partial charge on any atom is -0.289 e. The van der Waals surface area contributed by atoms with Crippen LogP contribution in [0.3, 0.4) is 0 Å². The van der Waals surface area contributed by atoms with Crippen molar-refractivity contribution in [2.75, 3.05) is 0 Å². The summed E-state index contributed by atoms with van der Waals surface area (Å²) < 4.78 is 0. The third-order valence-corrected chi connectivity index (χ3v) is 2.71. The molecule has 0 aliphatic carbocycles. The van der Waals surface area contributed by atoms with Crippen LogP contribution in [-0.4, -0.2) is 12.1 Å². The Labute approximate surface area is 118 Å². The van der Waals surface area contributed by atoms with Crippen LogP contribution in [0.1, 0.15) is 15.9 Å². The Hall–Kier alpha value is -2.74. The summed E-state index contributed by atoms with van der Waals surface area (Å²) in [6, 6.07) is 18.3. The molecular formula is C18H13O2. The number of hydrogen-bond donors (Lipinski definition) is 0. The van der Waals surface area contributed by atoms with Crippen molar-refractivity contribution in [2.24, 2.45) is 0 Å². The number of hydrogen-bond acceptors (Lipinski definition) is 2. The first-order valence-electron chi connectivity index (χ1n) is 6.22. The van der Waals surface area contributed by atoms with Gasteiger partial charge in [-0.3, -0.25) is 9.59 Å². The topological polar surface area (TPSA) is 34.1 Å². The molecule has 1 radical (unpaired) electrons. The Morgan fingerprint density at radius 1 is 0.850 bits per heavy atom. The normalized spacial score (nSPS) is 11.5. The van der Waals surface area contributed by atoms with E-state index < -0.39 is 0 Å². The molecule has 20 heavy (non-hydrogen) atoms. The van der Waals surface area contributed by atoms with Gasteiger partial charge in [0.25, 0.3) is 0 Å². The molecule has 97 valence electrons. The highest BCUT2D eigenvalue weighted by Gasteiger charge is 2.00. The number of rotatable bonds is 5. The van der Waals surface area contributed by atoms with Crippen LogP contribution in [0.25, 0.3) is 6.08 Å². The number of carbonyl (C=O) groups is 1. The molecule has 0 atom stereocenters. The van der Waals surface area contributed by atoms with E-state index in [2.05, 4.69) is 0 Å². The van der Waals surface area contributed by atoms with E-state index in [4.69, 9.17) is 0 Å².